The molecule has 0 atom stereocenters. The van der Waals surface area contributed by atoms with Crippen LogP contribution < -0.4 is 0 Å². The van der Waals surface area contributed by atoms with Crippen molar-refractivity contribution in [1.82, 2.24) is 9.97 Å². The molecule has 15 aromatic rings. The summed E-state index contributed by atoms with van der Waals surface area (Å²) in [5.74, 6) is 0. The molecule has 0 saturated heterocycles. The maximum Gasteiger partial charge on any atom is 0.144 e. The van der Waals surface area contributed by atoms with Crippen LogP contribution in [0.4, 0.5) is 0 Å². The molecule has 66 heavy (non-hydrogen) atoms. The van der Waals surface area contributed by atoms with Gasteiger partial charge >= 0.3 is 0 Å². The number of furan rings is 4. The highest BCUT2D eigenvalue weighted by Gasteiger charge is 2.22. The summed E-state index contributed by atoms with van der Waals surface area (Å²) in [4.78, 5) is 11.3. The Morgan fingerprint density at radius 3 is 1.05 bits per heavy atom. The molecule has 6 heterocycles. The number of aromatic nitrogens is 2. The van der Waals surface area contributed by atoms with Crippen molar-refractivity contribution in [1.29, 1.82) is 0 Å². The van der Waals surface area contributed by atoms with Gasteiger partial charge in [0, 0.05) is 65.0 Å². The monoisotopic (exact) mass is 844 g/mol. The Bertz CT molecular complexity index is 4260. The third kappa shape index (κ3) is 5.06. The van der Waals surface area contributed by atoms with Crippen LogP contribution in [0.2, 0.25) is 0 Å². The van der Waals surface area contributed by atoms with Crippen LogP contribution in [0.5, 0.6) is 0 Å². The third-order valence-electron chi connectivity index (χ3n) is 13.5. The second-order valence-corrected chi connectivity index (χ2v) is 17.1. The Morgan fingerprint density at radius 2 is 0.606 bits per heavy atom. The Balaban J connectivity index is 1.07. The van der Waals surface area contributed by atoms with Crippen molar-refractivity contribution >= 4 is 110 Å². The normalized spacial score (nSPS) is 12.2. The molecule has 0 unspecified atom stereocenters. The van der Waals surface area contributed by atoms with E-state index in [4.69, 9.17) is 27.6 Å². The molecule has 6 nitrogen and oxygen atoms in total. The fourth-order valence-electron chi connectivity index (χ4n) is 10.4. The van der Waals surface area contributed by atoms with E-state index in [9.17, 15) is 0 Å². The van der Waals surface area contributed by atoms with Crippen molar-refractivity contribution < 1.29 is 17.7 Å². The minimum atomic E-state index is 0.778. The van der Waals surface area contributed by atoms with Crippen LogP contribution in [0.1, 0.15) is 0 Å². The molecular formula is C60H32N2O4. The molecular weight excluding hydrogens is 813 g/mol. The standard InChI is InChI=1S/C60H32N2O4/c1-7-21-53-35(11-1)41-15-9-17-43(59(41)65-53)49-31-45(33-23-27-55-47(29-33)37-13-3-5-19-51(37)63-55)39-25-26-40-46(34-24-28-56-48(30-34)38-14-4-6-20-52(38)64-56)32-50(62-58(40)57(39)61-49)44-18-10-16-42-36-12-2-8-22-54(36)66-60(42)44/h1-32H. The molecule has 0 amide bonds. The predicted molar refractivity (Wildman–Crippen MR) is 268 cm³/mol. The first-order valence-corrected chi connectivity index (χ1v) is 22.1. The van der Waals surface area contributed by atoms with E-state index in [1.54, 1.807) is 0 Å². The smallest absolute Gasteiger partial charge is 0.144 e. The number of benzene rings is 9. The van der Waals surface area contributed by atoms with Gasteiger partial charge in [0.1, 0.15) is 44.7 Å². The molecule has 0 spiro atoms. The summed E-state index contributed by atoms with van der Waals surface area (Å²) in [6.07, 6.45) is 0. The van der Waals surface area contributed by atoms with E-state index in [0.29, 0.717) is 0 Å². The van der Waals surface area contributed by atoms with Gasteiger partial charge in [0.15, 0.2) is 0 Å². The van der Waals surface area contributed by atoms with E-state index < -0.39 is 0 Å². The van der Waals surface area contributed by atoms with Gasteiger partial charge in [0.05, 0.1) is 22.4 Å². The fraction of sp³-hybridized carbons (Fsp3) is 0. The molecule has 0 radical (unpaired) electrons. The summed E-state index contributed by atoms with van der Waals surface area (Å²) in [5.41, 5.74) is 15.7. The first-order chi connectivity index (χ1) is 32.7. The minimum absolute atomic E-state index is 0.778. The number of nitrogens with zero attached hydrogens (tertiary/aromatic N) is 2. The predicted octanol–water partition coefficient (Wildman–Crippen LogP) is 17.0. The summed E-state index contributed by atoms with van der Waals surface area (Å²) in [6, 6.07) is 67.3. The Hall–Kier alpha value is -9.00. The summed E-state index contributed by atoms with van der Waals surface area (Å²) in [5, 5.41) is 10.4. The van der Waals surface area contributed by atoms with E-state index in [2.05, 4.69) is 146 Å². The average molecular weight is 845 g/mol. The van der Waals surface area contributed by atoms with Crippen molar-refractivity contribution in [2.45, 2.75) is 0 Å². The molecule has 9 aromatic carbocycles. The van der Waals surface area contributed by atoms with Gasteiger partial charge in [-0.15, -0.1) is 0 Å². The number of fused-ring (bicyclic) bond motifs is 15. The van der Waals surface area contributed by atoms with Gasteiger partial charge in [-0.2, -0.15) is 0 Å². The van der Waals surface area contributed by atoms with Crippen LogP contribution in [0.15, 0.2) is 212 Å². The number of hydrogen-bond donors (Lipinski definition) is 0. The molecule has 0 aliphatic heterocycles. The number of rotatable bonds is 4. The van der Waals surface area contributed by atoms with E-state index in [1.807, 2.05) is 48.5 Å². The lowest BCUT2D eigenvalue weighted by Gasteiger charge is -2.16. The van der Waals surface area contributed by atoms with Crippen LogP contribution >= 0.6 is 0 Å². The maximum atomic E-state index is 6.67. The van der Waals surface area contributed by atoms with Crippen molar-refractivity contribution in [3.63, 3.8) is 0 Å². The first kappa shape index (κ1) is 35.5. The number of pyridine rings is 2. The quantitative estimate of drug-likeness (QED) is 0.164. The SMILES string of the molecule is c1ccc2c(c1)oc1ccc(-c3cc(-c4cccc5c4oc4ccccc45)nc4c3ccc3c(-c5ccc6oc7ccccc7c6c5)cc(-c5cccc6c5oc5ccccc56)nc34)cc12. The maximum absolute atomic E-state index is 6.67. The van der Waals surface area contributed by atoms with Gasteiger partial charge < -0.3 is 17.7 Å². The highest BCUT2D eigenvalue weighted by Crippen LogP contribution is 2.45. The molecule has 6 aromatic heterocycles. The van der Waals surface area contributed by atoms with Crippen LogP contribution in [0.25, 0.3) is 154 Å². The van der Waals surface area contributed by atoms with E-state index in [1.165, 1.54) is 0 Å². The lowest BCUT2D eigenvalue weighted by Crippen LogP contribution is -1.96. The largest absolute Gasteiger partial charge is 0.456 e. The van der Waals surface area contributed by atoms with Gasteiger partial charge in [-0.05, 0) is 95.1 Å². The zero-order chi connectivity index (χ0) is 43.0. The lowest BCUT2D eigenvalue weighted by atomic mass is 9.92. The average Bonchev–Trinajstić information content (AvgIpc) is 4.15. The van der Waals surface area contributed by atoms with E-state index in [0.717, 1.165) is 154 Å². The molecule has 0 aliphatic carbocycles. The van der Waals surface area contributed by atoms with Crippen molar-refractivity contribution in [2.75, 3.05) is 0 Å². The molecule has 6 heteroatoms. The van der Waals surface area contributed by atoms with Crippen LogP contribution in [0, 0.1) is 0 Å². The van der Waals surface area contributed by atoms with E-state index in [-0.39, 0.29) is 0 Å². The molecule has 0 N–H and O–H groups in total. The van der Waals surface area contributed by atoms with Gasteiger partial charge in [0.2, 0.25) is 0 Å². The molecule has 15 rings (SSSR count). The summed E-state index contributed by atoms with van der Waals surface area (Å²) in [6.45, 7) is 0. The van der Waals surface area contributed by atoms with Gasteiger partial charge in [-0.1, -0.05) is 121 Å². The summed E-state index contributed by atoms with van der Waals surface area (Å²) < 4.78 is 26.0. The van der Waals surface area contributed by atoms with Crippen LogP contribution in [0.3, 0.4) is 0 Å². The van der Waals surface area contributed by atoms with Gasteiger partial charge in [-0.25, -0.2) is 9.97 Å². The number of para-hydroxylation sites is 6. The molecule has 0 bridgehead atoms. The highest BCUT2D eigenvalue weighted by molar-refractivity contribution is 6.18. The first-order valence-electron chi connectivity index (χ1n) is 22.1. The van der Waals surface area contributed by atoms with Crippen molar-refractivity contribution in [2.24, 2.45) is 0 Å². The Kier molecular flexibility index (Phi) is 7.13. The van der Waals surface area contributed by atoms with Crippen LogP contribution in [-0.4, -0.2) is 9.97 Å². The number of hydrogen-bond acceptors (Lipinski definition) is 6. The summed E-state index contributed by atoms with van der Waals surface area (Å²) in [7, 11) is 0. The molecule has 0 saturated carbocycles. The van der Waals surface area contributed by atoms with Gasteiger partial charge in [-0.3, -0.25) is 0 Å². The Labute approximate surface area is 374 Å². The fourth-order valence-corrected chi connectivity index (χ4v) is 10.4. The lowest BCUT2D eigenvalue weighted by molar-refractivity contribution is 0.668. The van der Waals surface area contributed by atoms with Gasteiger partial charge in [0.25, 0.3) is 0 Å². The van der Waals surface area contributed by atoms with Crippen molar-refractivity contribution in [3.8, 4) is 44.8 Å². The second-order valence-electron chi connectivity index (χ2n) is 17.1. The van der Waals surface area contributed by atoms with Crippen LogP contribution in [-0.2, 0) is 0 Å². The zero-order valence-electron chi connectivity index (χ0n) is 35.0. The summed E-state index contributed by atoms with van der Waals surface area (Å²) >= 11 is 0. The minimum Gasteiger partial charge on any atom is -0.456 e. The van der Waals surface area contributed by atoms with Crippen molar-refractivity contribution in [3.05, 3.63) is 194 Å². The zero-order valence-corrected chi connectivity index (χ0v) is 35.0. The molecule has 306 valence electrons. The highest BCUT2D eigenvalue weighted by atomic mass is 16.3. The topological polar surface area (TPSA) is 78.3 Å². The molecule has 0 fully saturated rings. The van der Waals surface area contributed by atoms with E-state index >= 15 is 0 Å². The third-order valence-corrected chi connectivity index (χ3v) is 13.5. The Morgan fingerprint density at radius 1 is 0.242 bits per heavy atom. The molecule has 0 aliphatic rings. The second kappa shape index (κ2) is 13.3.